The number of ether oxygens (including phenoxy) is 1. The molecule has 3 aromatic carbocycles. The van der Waals surface area contributed by atoms with Gasteiger partial charge in [0, 0.05) is 36.6 Å². The summed E-state index contributed by atoms with van der Waals surface area (Å²) in [6, 6.07) is 24.3. The van der Waals surface area contributed by atoms with Gasteiger partial charge < -0.3 is 15.2 Å². The summed E-state index contributed by atoms with van der Waals surface area (Å²) in [7, 11) is 0. The number of carbonyl (C=O) groups excluding carboxylic acids is 1. The first-order valence-electron chi connectivity index (χ1n) is 13.2. The molecule has 2 aliphatic rings. The molecule has 6 rings (SSSR count). The minimum Gasteiger partial charge on any atom is -0.388 e. The molecule has 2 aliphatic heterocycles. The van der Waals surface area contributed by atoms with Gasteiger partial charge in [-0.25, -0.2) is 0 Å². The molecule has 2 unspecified atom stereocenters. The van der Waals surface area contributed by atoms with E-state index in [1.807, 2.05) is 78.9 Å². The van der Waals surface area contributed by atoms with Crippen LogP contribution >= 0.6 is 0 Å². The van der Waals surface area contributed by atoms with E-state index in [-0.39, 0.29) is 17.7 Å². The quantitative estimate of drug-likeness (QED) is 0.303. The van der Waals surface area contributed by atoms with E-state index < -0.39 is 6.10 Å². The SMILES string of the molecule is O=C1NCC(c2ccccc2)/C1=C\c1ccc2c(/C=C/c3ccc(C(O)C4CCOCC4)cc3)n[nH]c2c1. The van der Waals surface area contributed by atoms with Crippen LogP contribution in [0.3, 0.4) is 0 Å². The van der Waals surface area contributed by atoms with Crippen LogP contribution in [0.1, 0.15) is 52.8 Å². The Morgan fingerprint density at radius 3 is 2.50 bits per heavy atom. The summed E-state index contributed by atoms with van der Waals surface area (Å²) >= 11 is 0. The van der Waals surface area contributed by atoms with Crippen molar-refractivity contribution in [2.24, 2.45) is 5.92 Å². The van der Waals surface area contributed by atoms with Crippen molar-refractivity contribution in [2.45, 2.75) is 24.9 Å². The molecule has 0 bridgehead atoms. The first kappa shape index (κ1) is 24.3. The predicted octanol–water partition coefficient (Wildman–Crippen LogP) is 5.49. The van der Waals surface area contributed by atoms with Crippen LogP contribution in [0.2, 0.25) is 0 Å². The van der Waals surface area contributed by atoms with Gasteiger partial charge in [-0.2, -0.15) is 5.10 Å². The molecule has 2 fully saturated rings. The van der Waals surface area contributed by atoms with Crippen molar-refractivity contribution < 1.29 is 14.6 Å². The number of amides is 1. The number of benzene rings is 3. The van der Waals surface area contributed by atoms with E-state index in [2.05, 4.69) is 27.6 Å². The number of nitrogens with one attached hydrogen (secondary N) is 2. The summed E-state index contributed by atoms with van der Waals surface area (Å²) in [6.07, 6.45) is 7.35. The van der Waals surface area contributed by atoms with Crippen molar-refractivity contribution in [2.75, 3.05) is 19.8 Å². The molecule has 6 heteroatoms. The summed E-state index contributed by atoms with van der Waals surface area (Å²) in [5.41, 5.74) is 6.65. The van der Waals surface area contributed by atoms with Gasteiger partial charge in [0.2, 0.25) is 5.91 Å². The second kappa shape index (κ2) is 10.8. The van der Waals surface area contributed by atoms with E-state index in [0.29, 0.717) is 6.54 Å². The predicted molar refractivity (Wildman–Crippen MR) is 150 cm³/mol. The number of hydrogen-bond donors (Lipinski definition) is 3. The lowest BCUT2D eigenvalue weighted by Crippen LogP contribution is -2.21. The topological polar surface area (TPSA) is 87.2 Å². The van der Waals surface area contributed by atoms with E-state index in [0.717, 1.165) is 70.5 Å². The third-order valence-corrected chi connectivity index (χ3v) is 7.67. The number of aromatic amines is 1. The Kier molecular flexibility index (Phi) is 6.90. The standard InChI is InChI=1S/C32H31N3O3/c36-31(25-14-16-38-17-15-25)24-10-6-21(7-11-24)9-13-29-26-12-8-22(19-30(26)35-34-29)18-27-28(20-33-32(27)37)23-4-2-1-3-5-23/h1-13,18-19,25,28,31,36H,14-17,20H2,(H,33,37)(H,34,35)/b13-9+,27-18+. The molecule has 6 nitrogen and oxygen atoms in total. The number of fused-ring (bicyclic) bond motifs is 1. The van der Waals surface area contributed by atoms with Crippen LogP contribution in [0.5, 0.6) is 0 Å². The third kappa shape index (κ3) is 5.05. The van der Waals surface area contributed by atoms with Gasteiger partial charge in [0.1, 0.15) is 0 Å². The smallest absolute Gasteiger partial charge is 0.247 e. The van der Waals surface area contributed by atoms with Crippen LogP contribution in [-0.4, -0.2) is 41.0 Å². The Morgan fingerprint density at radius 2 is 1.71 bits per heavy atom. The lowest BCUT2D eigenvalue weighted by molar-refractivity contribution is -0.116. The average Bonchev–Trinajstić information content (AvgIpc) is 3.55. The molecule has 2 saturated heterocycles. The van der Waals surface area contributed by atoms with Gasteiger partial charge in [-0.1, -0.05) is 66.7 Å². The molecule has 38 heavy (non-hydrogen) atoms. The molecule has 3 N–H and O–H groups in total. The minimum absolute atomic E-state index is 0.0153. The van der Waals surface area contributed by atoms with Crippen LogP contribution in [0.15, 0.2) is 78.4 Å². The Hall–Kier alpha value is -4.00. The molecule has 1 aromatic heterocycles. The van der Waals surface area contributed by atoms with Crippen LogP contribution in [-0.2, 0) is 9.53 Å². The molecular formula is C32H31N3O3. The van der Waals surface area contributed by atoms with Crippen LogP contribution < -0.4 is 5.32 Å². The fraction of sp³-hybridized carbons (Fsp3) is 0.250. The molecule has 4 aromatic rings. The molecule has 2 atom stereocenters. The number of aliphatic hydroxyl groups is 1. The number of carbonyl (C=O) groups is 1. The fourth-order valence-electron chi connectivity index (χ4n) is 5.45. The van der Waals surface area contributed by atoms with Crippen molar-refractivity contribution in [1.29, 1.82) is 0 Å². The molecule has 3 heterocycles. The van der Waals surface area contributed by atoms with E-state index >= 15 is 0 Å². The fourth-order valence-corrected chi connectivity index (χ4v) is 5.45. The van der Waals surface area contributed by atoms with E-state index in [1.54, 1.807) is 0 Å². The zero-order chi connectivity index (χ0) is 25.9. The summed E-state index contributed by atoms with van der Waals surface area (Å²) in [4.78, 5) is 12.6. The molecule has 0 saturated carbocycles. The Bertz CT molecular complexity index is 1480. The zero-order valence-electron chi connectivity index (χ0n) is 21.1. The second-order valence-corrected chi connectivity index (χ2v) is 10.1. The van der Waals surface area contributed by atoms with Crippen molar-refractivity contribution in [1.82, 2.24) is 15.5 Å². The molecule has 0 aliphatic carbocycles. The van der Waals surface area contributed by atoms with Crippen molar-refractivity contribution >= 4 is 35.0 Å². The molecule has 192 valence electrons. The number of H-pyrrole nitrogens is 1. The first-order valence-corrected chi connectivity index (χ1v) is 13.2. The maximum Gasteiger partial charge on any atom is 0.247 e. The van der Waals surface area contributed by atoms with Gasteiger partial charge in [-0.05, 0) is 65.3 Å². The average molecular weight is 506 g/mol. The van der Waals surface area contributed by atoms with E-state index in [4.69, 9.17) is 4.74 Å². The third-order valence-electron chi connectivity index (χ3n) is 7.67. The van der Waals surface area contributed by atoms with Gasteiger partial charge >= 0.3 is 0 Å². The largest absolute Gasteiger partial charge is 0.388 e. The van der Waals surface area contributed by atoms with Crippen LogP contribution in [0.25, 0.3) is 29.1 Å². The summed E-state index contributed by atoms with van der Waals surface area (Å²) in [5.74, 6) is 0.288. The molecule has 0 radical (unpaired) electrons. The van der Waals surface area contributed by atoms with Gasteiger partial charge in [0.25, 0.3) is 0 Å². The number of hydrogen-bond acceptors (Lipinski definition) is 4. The number of nitrogens with zero attached hydrogens (tertiary/aromatic N) is 1. The van der Waals surface area contributed by atoms with Gasteiger partial charge in [-0.3, -0.25) is 9.89 Å². The highest BCUT2D eigenvalue weighted by Crippen LogP contribution is 2.32. The summed E-state index contributed by atoms with van der Waals surface area (Å²) in [6.45, 7) is 2.07. The Morgan fingerprint density at radius 1 is 0.947 bits per heavy atom. The lowest BCUT2D eigenvalue weighted by atomic mass is 9.89. The highest BCUT2D eigenvalue weighted by molar-refractivity contribution is 6.02. The lowest BCUT2D eigenvalue weighted by Gasteiger charge is -2.27. The second-order valence-electron chi connectivity index (χ2n) is 10.1. The first-order chi connectivity index (χ1) is 18.7. The Balaban J connectivity index is 1.18. The maximum absolute atomic E-state index is 12.6. The van der Waals surface area contributed by atoms with Crippen molar-refractivity contribution in [3.63, 3.8) is 0 Å². The Labute approximate surface area is 222 Å². The van der Waals surface area contributed by atoms with Gasteiger partial charge in [-0.15, -0.1) is 0 Å². The van der Waals surface area contributed by atoms with Crippen molar-refractivity contribution in [3.05, 3.63) is 106 Å². The van der Waals surface area contributed by atoms with Crippen molar-refractivity contribution in [3.8, 4) is 0 Å². The van der Waals surface area contributed by atoms with E-state index in [9.17, 15) is 9.90 Å². The van der Waals surface area contributed by atoms with Crippen LogP contribution in [0.4, 0.5) is 0 Å². The molecular weight excluding hydrogens is 474 g/mol. The number of aromatic nitrogens is 2. The number of aliphatic hydroxyl groups excluding tert-OH is 1. The maximum atomic E-state index is 12.6. The minimum atomic E-state index is -0.449. The molecule has 0 spiro atoms. The van der Waals surface area contributed by atoms with Gasteiger partial charge in [0.15, 0.2) is 0 Å². The highest BCUT2D eigenvalue weighted by Gasteiger charge is 2.29. The van der Waals surface area contributed by atoms with E-state index in [1.165, 1.54) is 0 Å². The summed E-state index contributed by atoms with van der Waals surface area (Å²) < 4.78 is 5.42. The molecule has 1 amide bonds. The monoisotopic (exact) mass is 505 g/mol. The zero-order valence-corrected chi connectivity index (χ0v) is 21.1. The van der Waals surface area contributed by atoms with Crippen LogP contribution in [0, 0.1) is 5.92 Å². The van der Waals surface area contributed by atoms with Gasteiger partial charge in [0.05, 0.1) is 17.3 Å². The highest BCUT2D eigenvalue weighted by atomic mass is 16.5. The summed E-state index contributed by atoms with van der Waals surface area (Å²) in [5, 5.41) is 22.4. The number of rotatable bonds is 6. The normalized spacial score (nSPS) is 20.4.